The first-order valence-corrected chi connectivity index (χ1v) is 8.09. The fourth-order valence-corrected chi connectivity index (χ4v) is 2.26. The lowest BCUT2D eigenvalue weighted by molar-refractivity contribution is -0.136. The Balaban J connectivity index is 2.03. The summed E-state index contributed by atoms with van der Waals surface area (Å²) in [5.41, 5.74) is -0.216. The van der Waals surface area contributed by atoms with Crippen molar-refractivity contribution in [3.05, 3.63) is 53.9 Å². The van der Waals surface area contributed by atoms with Gasteiger partial charge in [-0.3, -0.25) is 4.79 Å². The fraction of sp³-hybridized carbons (Fsp3) is 0.333. The molecule has 0 aliphatic heterocycles. The maximum Gasteiger partial charge on any atom is 0.418 e. The van der Waals surface area contributed by atoms with Crippen LogP contribution in [-0.4, -0.2) is 17.4 Å². The van der Waals surface area contributed by atoms with E-state index in [0.29, 0.717) is 12.2 Å². The molecule has 0 saturated heterocycles. The van der Waals surface area contributed by atoms with E-state index in [-0.39, 0.29) is 17.3 Å². The Hall–Kier alpha value is -2.57. The monoisotopic (exact) mass is 351 g/mol. The van der Waals surface area contributed by atoms with E-state index in [2.05, 4.69) is 22.5 Å². The highest BCUT2D eigenvalue weighted by molar-refractivity contribution is 5.92. The van der Waals surface area contributed by atoms with Gasteiger partial charge in [0.25, 0.3) is 5.91 Å². The van der Waals surface area contributed by atoms with Crippen LogP contribution in [0.25, 0.3) is 0 Å². The molecule has 0 spiro atoms. The molecule has 0 atom stereocenters. The third-order valence-electron chi connectivity index (χ3n) is 3.57. The second-order valence-electron chi connectivity index (χ2n) is 5.56. The van der Waals surface area contributed by atoms with Gasteiger partial charge >= 0.3 is 6.18 Å². The zero-order valence-corrected chi connectivity index (χ0v) is 13.9. The first-order chi connectivity index (χ1) is 11.9. The Bertz CT molecular complexity index is 699. The lowest BCUT2D eigenvalue weighted by Crippen LogP contribution is -2.25. The van der Waals surface area contributed by atoms with E-state index < -0.39 is 11.7 Å². The maximum atomic E-state index is 13.0. The molecule has 1 heterocycles. The molecule has 2 N–H and O–H groups in total. The van der Waals surface area contributed by atoms with Gasteiger partial charge in [0.2, 0.25) is 0 Å². The molecule has 1 aromatic heterocycles. The highest BCUT2D eigenvalue weighted by Crippen LogP contribution is 2.35. The minimum absolute atomic E-state index is 0.0615. The molecule has 0 aliphatic rings. The topological polar surface area (TPSA) is 54.0 Å². The van der Waals surface area contributed by atoms with Crippen molar-refractivity contribution in [3.63, 3.8) is 0 Å². The zero-order valence-electron chi connectivity index (χ0n) is 13.9. The number of carbonyl (C=O) groups is 1. The molecule has 2 rings (SSSR count). The van der Waals surface area contributed by atoms with Crippen LogP contribution in [0.15, 0.2) is 42.6 Å². The summed E-state index contributed by atoms with van der Waals surface area (Å²) in [7, 11) is 0. The molecule has 0 radical (unpaired) electrons. The predicted octanol–water partition coefficient (Wildman–Crippen LogP) is 4.76. The molecule has 0 aliphatic carbocycles. The minimum Gasteiger partial charge on any atom is -0.354 e. The summed E-state index contributed by atoms with van der Waals surface area (Å²) in [6.45, 7) is 2.65. The molecule has 25 heavy (non-hydrogen) atoms. The highest BCUT2D eigenvalue weighted by Gasteiger charge is 2.33. The average molecular weight is 351 g/mol. The van der Waals surface area contributed by atoms with Gasteiger partial charge in [0.1, 0.15) is 5.69 Å². The number of halogens is 3. The van der Waals surface area contributed by atoms with Crippen molar-refractivity contribution >= 4 is 17.3 Å². The Morgan fingerprint density at radius 3 is 2.52 bits per heavy atom. The number of nitrogens with one attached hydrogen (secondary N) is 2. The molecule has 4 nitrogen and oxygen atoms in total. The maximum absolute atomic E-state index is 13.0. The number of pyridine rings is 1. The second kappa shape index (κ2) is 8.50. The fourth-order valence-electron chi connectivity index (χ4n) is 2.26. The van der Waals surface area contributed by atoms with Crippen LogP contribution in [0.5, 0.6) is 0 Å². The number of nitrogens with zero attached hydrogens (tertiary/aromatic N) is 1. The first kappa shape index (κ1) is 18.8. The van der Waals surface area contributed by atoms with Gasteiger partial charge in [-0.05, 0) is 30.7 Å². The van der Waals surface area contributed by atoms with E-state index in [1.807, 2.05) is 0 Å². The molecular weight excluding hydrogens is 331 g/mol. The van der Waals surface area contributed by atoms with Crippen molar-refractivity contribution in [3.8, 4) is 0 Å². The largest absolute Gasteiger partial charge is 0.418 e. The van der Waals surface area contributed by atoms with Crippen molar-refractivity contribution in [1.29, 1.82) is 0 Å². The van der Waals surface area contributed by atoms with Gasteiger partial charge < -0.3 is 10.6 Å². The Kier molecular flexibility index (Phi) is 6.38. The van der Waals surface area contributed by atoms with Crippen molar-refractivity contribution in [2.75, 3.05) is 11.9 Å². The summed E-state index contributed by atoms with van der Waals surface area (Å²) >= 11 is 0. The summed E-state index contributed by atoms with van der Waals surface area (Å²) in [6, 6.07) is 8.21. The minimum atomic E-state index is -4.45. The van der Waals surface area contributed by atoms with Gasteiger partial charge in [-0.25, -0.2) is 4.98 Å². The van der Waals surface area contributed by atoms with Crippen LogP contribution in [0.1, 0.15) is 42.2 Å². The number of carbonyl (C=O) groups excluding carboxylic acids is 1. The summed E-state index contributed by atoms with van der Waals surface area (Å²) < 4.78 is 39.0. The second-order valence-corrected chi connectivity index (χ2v) is 5.56. The van der Waals surface area contributed by atoms with E-state index in [1.165, 1.54) is 36.5 Å². The molecule has 0 bridgehead atoms. The summed E-state index contributed by atoms with van der Waals surface area (Å²) in [5, 5.41) is 5.45. The van der Waals surface area contributed by atoms with Crippen LogP contribution >= 0.6 is 0 Å². The molecule has 134 valence electrons. The van der Waals surface area contributed by atoms with Crippen molar-refractivity contribution < 1.29 is 18.0 Å². The third kappa shape index (κ3) is 5.48. The quantitative estimate of drug-likeness (QED) is 0.707. The number of alkyl halides is 3. The highest BCUT2D eigenvalue weighted by atomic mass is 19.4. The number of hydrogen-bond donors (Lipinski definition) is 2. The van der Waals surface area contributed by atoms with Crippen LogP contribution in [0.2, 0.25) is 0 Å². The summed E-state index contributed by atoms with van der Waals surface area (Å²) in [6.07, 6.45) is -0.109. The molecule has 1 aromatic carbocycles. The predicted molar refractivity (Wildman–Crippen MR) is 90.8 cm³/mol. The number of rotatable bonds is 7. The van der Waals surface area contributed by atoms with E-state index in [0.717, 1.165) is 25.3 Å². The summed E-state index contributed by atoms with van der Waals surface area (Å²) in [4.78, 5) is 15.9. The van der Waals surface area contributed by atoms with Crippen molar-refractivity contribution in [2.45, 2.75) is 32.4 Å². The zero-order chi connectivity index (χ0) is 18.3. The van der Waals surface area contributed by atoms with Gasteiger partial charge in [-0.2, -0.15) is 13.2 Å². The normalized spacial score (nSPS) is 11.2. The number of hydrogen-bond acceptors (Lipinski definition) is 3. The number of amides is 1. The van der Waals surface area contributed by atoms with E-state index in [9.17, 15) is 18.0 Å². The number of unbranched alkanes of at least 4 members (excludes halogenated alkanes) is 2. The molecular formula is C18H20F3N3O. The third-order valence-corrected chi connectivity index (χ3v) is 3.57. The van der Waals surface area contributed by atoms with Crippen molar-refractivity contribution in [1.82, 2.24) is 10.3 Å². The molecule has 0 saturated carbocycles. The van der Waals surface area contributed by atoms with Crippen LogP contribution in [0.3, 0.4) is 0 Å². The summed E-state index contributed by atoms with van der Waals surface area (Å²) in [5.74, 6) is -0.293. The number of benzene rings is 1. The standard InChI is InChI=1S/C18H20F3N3O/c1-2-3-6-11-22-17(25)16-10-9-13(12-23-16)24-15-8-5-4-7-14(15)18(19,20)21/h4-5,7-10,12,24H,2-3,6,11H2,1H3,(H,22,25). The molecule has 2 aromatic rings. The van der Waals surface area contributed by atoms with Gasteiger partial charge in [0.05, 0.1) is 23.1 Å². The van der Waals surface area contributed by atoms with Crippen LogP contribution in [-0.2, 0) is 6.18 Å². The Morgan fingerprint density at radius 1 is 1.12 bits per heavy atom. The van der Waals surface area contributed by atoms with E-state index >= 15 is 0 Å². The van der Waals surface area contributed by atoms with Gasteiger partial charge in [-0.15, -0.1) is 0 Å². The van der Waals surface area contributed by atoms with Crippen LogP contribution < -0.4 is 10.6 Å². The van der Waals surface area contributed by atoms with Gasteiger partial charge in [0.15, 0.2) is 0 Å². The first-order valence-electron chi connectivity index (χ1n) is 8.09. The molecule has 1 amide bonds. The van der Waals surface area contributed by atoms with Crippen molar-refractivity contribution in [2.24, 2.45) is 0 Å². The van der Waals surface area contributed by atoms with Crippen LogP contribution in [0.4, 0.5) is 24.5 Å². The lowest BCUT2D eigenvalue weighted by atomic mass is 10.1. The Morgan fingerprint density at radius 2 is 1.88 bits per heavy atom. The average Bonchev–Trinajstić information content (AvgIpc) is 2.59. The Labute approximate surface area is 144 Å². The van der Waals surface area contributed by atoms with Crippen LogP contribution in [0, 0.1) is 0 Å². The SMILES string of the molecule is CCCCCNC(=O)c1ccc(Nc2ccccc2C(F)(F)F)cn1. The molecule has 0 fully saturated rings. The van der Waals surface area contributed by atoms with Gasteiger partial charge in [-0.1, -0.05) is 31.9 Å². The molecule has 0 unspecified atom stereocenters. The van der Waals surface area contributed by atoms with Gasteiger partial charge in [0, 0.05) is 6.54 Å². The van der Waals surface area contributed by atoms with E-state index in [1.54, 1.807) is 0 Å². The number of anilines is 2. The lowest BCUT2D eigenvalue weighted by Gasteiger charge is -2.14. The van der Waals surface area contributed by atoms with E-state index in [4.69, 9.17) is 0 Å². The number of aromatic nitrogens is 1. The molecule has 7 heteroatoms. The smallest absolute Gasteiger partial charge is 0.354 e. The number of para-hydroxylation sites is 1.